The third-order valence-electron chi connectivity index (χ3n) is 5.62. The second kappa shape index (κ2) is 9.11. The van der Waals surface area contributed by atoms with E-state index in [2.05, 4.69) is 42.7 Å². The van der Waals surface area contributed by atoms with E-state index in [0.29, 0.717) is 11.3 Å². The minimum absolute atomic E-state index is 0.355. The van der Waals surface area contributed by atoms with Gasteiger partial charge in [-0.1, -0.05) is 59.8 Å². The number of carbonyl (C=O) groups is 3. The van der Waals surface area contributed by atoms with Crippen molar-refractivity contribution in [1.29, 1.82) is 0 Å². The highest BCUT2D eigenvalue weighted by molar-refractivity contribution is 7.99. The third-order valence-corrected chi connectivity index (χ3v) is 6.81. The molecule has 1 heterocycles. The van der Waals surface area contributed by atoms with Crippen LogP contribution in [0.3, 0.4) is 0 Å². The van der Waals surface area contributed by atoms with Gasteiger partial charge in [0.05, 0.1) is 0 Å². The molecule has 1 saturated heterocycles. The average molecular weight is 460 g/mol. The minimum Gasteiger partial charge on any atom is -0.325 e. The lowest BCUT2D eigenvalue weighted by Gasteiger charge is -2.22. The first-order valence-corrected chi connectivity index (χ1v) is 11.4. The van der Waals surface area contributed by atoms with Crippen LogP contribution in [0, 0.1) is 13.8 Å². The molecule has 33 heavy (non-hydrogen) atoms. The molecule has 0 bridgehead atoms. The van der Waals surface area contributed by atoms with Gasteiger partial charge in [0.25, 0.3) is 5.91 Å². The number of carbonyl (C=O) groups excluding carboxylic acids is 3. The number of hydrogen-bond acceptors (Lipinski definition) is 4. The van der Waals surface area contributed by atoms with Crippen LogP contribution in [0.1, 0.15) is 23.6 Å². The number of aryl methyl sites for hydroxylation is 2. The second-order valence-electron chi connectivity index (χ2n) is 8.26. The summed E-state index contributed by atoms with van der Waals surface area (Å²) in [5.41, 5.74) is 2.52. The maximum atomic E-state index is 13.0. The van der Waals surface area contributed by atoms with Crippen LogP contribution in [0.2, 0.25) is 0 Å². The number of nitrogens with one attached hydrogen (secondary N) is 2. The molecule has 0 unspecified atom stereocenters. The molecule has 7 heteroatoms. The molecule has 0 aromatic heterocycles. The van der Waals surface area contributed by atoms with E-state index in [1.807, 2.05) is 30.3 Å². The highest BCUT2D eigenvalue weighted by Gasteiger charge is 2.49. The maximum absolute atomic E-state index is 13.0. The fourth-order valence-electron chi connectivity index (χ4n) is 3.80. The van der Waals surface area contributed by atoms with Crippen molar-refractivity contribution in [3.63, 3.8) is 0 Å². The van der Waals surface area contributed by atoms with E-state index in [-0.39, 0.29) is 6.54 Å². The van der Waals surface area contributed by atoms with Crippen LogP contribution < -0.4 is 10.6 Å². The van der Waals surface area contributed by atoms with E-state index < -0.39 is 23.4 Å². The van der Waals surface area contributed by atoms with Crippen LogP contribution >= 0.6 is 11.8 Å². The van der Waals surface area contributed by atoms with Gasteiger partial charge in [-0.2, -0.15) is 0 Å². The molecule has 0 spiro atoms. The lowest BCUT2D eigenvalue weighted by atomic mass is 9.92. The monoisotopic (exact) mass is 459 g/mol. The van der Waals surface area contributed by atoms with Crippen LogP contribution in [-0.2, 0) is 15.1 Å². The minimum atomic E-state index is -1.19. The lowest BCUT2D eigenvalue weighted by molar-refractivity contribution is -0.133. The Bertz CT molecular complexity index is 1210. The number of imide groups is 1. The number of anilines is 1. The van der Waals surface area contributed by atoms with Crippen LogP contribution in [0.25, 0.3) is 0 Å². The Morgan fingerprint density at radius 2 is 1.70 bits per heavy atom. The molecule has 2 N–H and O–H groups in total. The molecular weight excluding hydrogens is 434 g/mol. The van der Waals surface area contributed by atoms with Gasteiger partial charge in [0, 0.05) is 15.5 Å². The molecule has 6 nitrogen and oxygen atoms in total. The summed E-state index contributed by atoms with van der Waals surface area (Å²) in [6.07, 6.45) is 0. The number of amides is 4. The number of rotatable bonds is 6. The van der Waals surface area contributed by atoms with Crippen molar-refractivity contribution in [2.75, 3.05) is 11.9 Å². The summed E-state index contributed by atoms with van der Waals surface area (Å²) in [5, 5.41) is 5.47. The Hall–Kier alpha value is -3.58. The van der Waals surface area contributed by atoms with Crippen LogP contribution in [0.4, 0.5) is 10.5 Å². The van der Waals surface area contributed by atoms with Gasteiger partial charge in [-0.3, -0.25) is 14.5 Å². The molecule has 1 aliphatic rings. The molecule has 0 radical (unpaired) electrons. The quantitative estimate of drug-likeness (QED) is 0.516. The average Bonchev–Trinajstić information content (AvgIpc) is 3.01. The van der Waals surface area contributed by atoms with E-state index in [4.69, 9.17) is 0 Å². The van der Waals surface area contributed by atoms with Gasteiger partial charge in [0.2, 0.25) is 5.91 Å². The summed E-state index contributed by atoms with van der Waals surface area (Å²) in [4.78, 5) is 41.1. The van der Waals surface area contributed by atoms with Crippen molar-refractivity contribution in [3.05, 3.63) is 89.5 Å². The number of nitrogens with zero attached hydrogens (tertiary/aromatic N) is 1. The van der Waals surface area contributed by atoms with Crippen LogP contribution in [0.5, 0.6) is 0 Å². The predicted molar refractivity (Wildman–Crippen MR) is 129 cm³/mol. The molecule has 3 aromatic rings. The standard InChI is InChI=1S/C26H25N3O3S/c1-17-9-14-22(18(2)15-17)33-21-12-10-20(11-13-21)27-23(30)16-29-24(31)26(3,28-25(29)32)19-7-5-4-6-8-19/h4-15H,16H2,1-3H3,(H,27,30)(H,28,32)/t26-/m1/s1. The summed E-state index contributed by atoms with van der Waals surface area (Å²) in [7, 11) is 0. The fourth-order valence-corrected chi connectivity index (χ4v) is 4.68. The smallest absolute Gasteiger partial charge is 0.325 e. The second-order valence-corrected chi connectivity index (χ2v) is 9.37. The highest BCUT2D eigenvalue weighted by Crippen LogP contribution is 2.32. The van der Waals surface area contributed by atoms with E-state index >= 15 is 0 Å². The van der Waals surface area contributed by atoms with Gasteiger partial charge in [0.1, 0.15) is 12.1 Å². The Morgan fingerprint density at radius 1 is 1.00 bits per heavy atom. The Morgan fingerprint density at radius 3 is 2.36 bits per heavy atom. The van der Waals surface area contributed by atoms with Crippen molar-refractivity contribution in [3.8, 4) is 0 Å². The zero-order valence-electron chi connectivity index (χ0n) is 18.7. The molecule has 0 aliphatic carbocycles. The Balaban J connectivity index is 1.39. The first-order valence-electron chi connectivity index (χ1n) is 10.6. The van der Waals surface area contributed by atoms with Gasteiger partial charge in [-0.05, 0) is 62.2 Å². The normalized spacial score (nSPS) is 17.7. The first kappa shape index (κ1) is 22.6. The molecule has 3 aromatic carbocycles. The van der Waals surface area contributed by atoms with Crippen molar-refractivity contribution < 1.29 is 14.4 Å². The number of urea groups is 1. The predicted octanol–water partition coefficient (Wildman–Crippen LogP) is 4.86. The van der Waals surface area contributed by atoms with Gasteiger partial charge in [0.15, 0.2) is 0 Å². The van der Waals surface area contributed by atoms with Crippen molar-refractivity contribution in [2.24, 2.45) is 0 Å². The summed E-state index contributed by atoms with van der Waals surface area (Å²) < 4.78 is 0. The van der Waals surface area contributed by atoms with Crippen LogP contribution in [-0.4, -0.2) is 29.3 Å². The van der Waals surface area contributed by atoms with E-state index in [0.717, 1.165) is 9.80 Å². The Kier molecular flexibility index (Phi) is 6.24. The summed E-state index contributed by atoms with van der Waals surface area (Å²) in [6.45, 7) is 5.45. The topological polar surface area (TPSA) is 78.5 Å². The van der Waals surface area contributed by atoms with Gasteiger partial charge in [-0.15, -0.1) is 0 Å². The first-order chi connectivity index (χ1) is 15.8. The van der Waals surface area contributed by atoms with Crippen LogP contribution in [0.15, 0.2) is 82.6 Å². The van der Waals surface area contributed by atoms with Gasteiger partial charge < -0.3 is 10.6 Å². The zero-order chi connectivity index (χ0) is 23.6. The summed E-state index contributed by atoms with van der Waals surface area (Å²) >= 11 is 1.66. The Labute approximate surface area is 197 Å². The SMILES string of the molecule is Cc1ccc(Sc2ccc(NC(=O)CN3C(=O)N[C@](C)(c4ccccc4)C3=O)cc2)c(C)c1. The zero-order valence-corrected chi connectivity index (χ0v) is 19.5. The molecule has 168 valence electrons. The van der Waals surface area contributed by atoms with Crippen molar-refractivity contribution >= 4 is 35.3 Å². The van der Waals surface area contributed by atoms with E-state index in [1.165, 1.54) is 16.0 Å². The van der Waals surface area contributed by atoms with Gasteiger partial charge in [-0.25, -0.2) is 4.79 Å². The lowest BCUT2D eigenvalue weighted by Crippen LogP contribution is -2.42. The maximum Gasteiger partial charge on any atom is 0.325 e. The molecule has 1 aliphatic heterocycles. The molecular formula is C26H25N3O3S. The van der Waals surface area contributed by atoms with E-state index in [9.17, 15) is 14.4 Å². The van der Waals surface area contributed by atoms with Crippen molar-refractivity contribution in [2.45, 2.75) is 36.1 Å². The molecule has 1 atom stereocenters. The highest BCUT2D eigenvalue weighted by atomic mass is 32.2. The molecule has 1 fully saturated rings. The van der Waals surface area contributed by atoms with E-state index in [1.54, 1.807) is 43.0 Å². The van der Waals surface area contributed by atoms with Gasteiger partial charge >= 0.3 is 6.03 Å². The largest absolute Gasteiger partial charge is 0.325 e. The number of hydrogen-bond donors (Lipinski definition) is 2. The summed E-state index contributed by atoms with van der Waals surface area (Å²) in [6, 6.07) is 22.2. The molecule has 4 amide bonds. The van der Waals surface area contributed by atoms with Crippen molar-refractivity contribution in [1.82, 2.24) is 10.2 Å². The molecule has 4 rings (SSSR count). The number of benzene rings is 3. The fraction of sp³-hybridized carbons (Fsp3) is 0.192. The molecule has 0 saturated carbocycles. The third kappa shape index (κ3) is 4.78. The summed E-state index contributed by atoms with van der Waals surface area (Å²) in [5.74, 6) is -0.889.